The minimum atomic E-state index is -0.0324. The van der Waals surface area contributed by atoms with Crippen molar-refractivity contribution in [3.63, 3.8) is 0 Å². The maximum atomic E-state index is 12.0. The number of ketones is 1. The molecule has 0 N–H and O–H groups in total. The van der Waals surface area contributed by atoms with E-state index >= 15 is 0 Å². The second kappa shape index (κ2) is 6.49. The van der Waals surface area contributed by atoms with Crippen LogP contribution in [-0.4, -0.2) is 5.78 Å². The van der Waals surface area contributed by atoms with Crippen LogP contribution in [0.25, 0.3) is 6.08 Å². The Balaban J connectivity index is 2.13. The molecule has 0 bridgehead atoms. The van der Waals surface area contributed by atoms with Gasteiger partial charge in [-0.2, -0.15) is 5.26 Å². The van der Waals surface area contributed by atoms with Crippen LogP contribution < -0.4 is 0 Å². The molecule has 0 aliphatic carbocycles. The highest BCUT2D eigenvalue weighted by atomic mass is 16.1. The fourth-order valence-electron chi connectivity index (χ4n) is 1.88. The van der Waals surface area contributed by atoms with Crippen LogP contribution in [0.1, 0.15) is 34.0 Å². The summed E-state index contributed by atoms with van der Waals surface area (Å²) >= 11 is 0. The highest BCUT2D eigenvalue weighted by Gasteiger charge is 2.01. The Labute approximate surface area is 119 Å². The fourth-order valence-corrected chi connectivity index (χ4v) is 1.88. The van der Waals surface area contributed by atoms with Gasteiger partial charge in [-0.1, -0.05) is 49.4 Å². The lowest BCUT2D eigenvalue weighted by atomic mass is 10.1. The molecule has 2 heteroatoms. The highest BCUT2D eigenvalue weighted by molar-refractivity contribution is 6.06. The molecular weight excluding hydrogens is 246 g/mol. The Kier molecular flexibility index (Phi) is 4.47. The number of nitrogens with zero attached hydrogens (tertiary/aromatic N) is 1. The number of carbonyl (C=O) groups is 1. The summed E-state index contributed by atoms with van der Waals surface area (Å²) in [6, 6.07) is 16.9. The molecule has 0 saturated carbocycles. The molecule has 0 amide bonds. The van der Waals surface area contributed by atoms with Crippen LogP contribution in [0.5, 0.6) is 0 Å². The standard InChI is InChI=1S/C18H15NO/c1-2-14-6-9-17(10-7-14)18(20)11-8-15-4-3-5-16(12-15)13-19/h3-12H,2H2,1H3. The molecule has 0 spiro atoms. The normalized spacial score (nSPS) is 10.4. The SMILES string of the molecule is CCc1ccc(C(=O)C=Cc2cccc(C#N)c2)cc1. The lowest BCUT2D eigenvalue weighted by Gasteiger charge is -1.99. The Hall–Kier alpha value is -2.66. The van der Waals surface area contributed by atoms with Crippen molar-refractivity contribution >= 4 is 11.9 Å². The smallest absolute Gasteiger partial charge is 0.185 e. The average Bonchev–Trinajstić information content (AvgIpc) is 2.53. The number of rotatable bonds is 4. The lowest BCUT2D eigenvalue weighted by Crippen LogP contribution is -1.94. The van der Waals surface area contributed by atoms with Crippen LogP contribution >= 0.6 is 0 Å². The van der Waals surface area contributed by atoms with Crippen LogP contribution in [0.2, 0.25) is 0 Å². The van der Waals surface area contributed by atoms with E-state index in [1.54, 1.807) is 24.3 Å². The third kappa shape index (κ3) is 3.43. The van der Waals surface area contributed by atoms with Gasteiger partial charge in [-0.05, 0) is 35.8 Å². The Bertz CT molecular complexity index is 675. The van der Waals surface area contributed by atoms with Crippen molar-refractivity contribution in [2.75, 3.05) is 0 Å². The van der Waals surface area contributed by atoms with Gasteiger partial charge in [0.1, 0.15) is 0 Å². The van der Waals surface area contributed by atoms with Crippen LogP contribution in [0.15, 0.2) is 54.6 Å². The largest absolute Gasteiger partial charge is 0.289 e. The van der Waals surface area contributed by atoms with E-state index in [0.717, 1.165) is 12.0 Å². The summed E-state index contributed by atoms with van der Waals surface area (Å²) in [5, 5.41) is 8.83. The van der Waals surface area contributed by atoms with E-state index in [1.165, 1.54) is 11.6 Å². The van der Waals surface area contributed by atoms with Crippen molar-refractivity contribution in [3.05, 3.63) is 76.9 Å². The molecule has 2 aromatic carbocycles. The summed E-state index contributed by atoms with van der Waals surface area (Å²) in [6.07, 6.45) is 4.24. The zero-order chi connectivity index (χ0) is 14.4. The Morgan fingerprint density at radius 2 is 1.95 bits per heavy atom. The number of aryl methyl sites for hydroxylation is 1. The van der Waals surface area contributed by atoms with Crippen molar-refractivity contribution in [1.82, 2.24) is 0 Å². The molecule has 0 atom stereocenters. The van der Waals surface area contributed by atoms with E-state index in [0.29, 0.717) is 11.1 Å². The van der Waals surface area contributed by atoms with Crippen molar-refractivity contribution in [1.29, 1.82) is 5.26 Å². The number of hydrogen-bond acceptors (Lipinski definition) is 2. The van der Waals surface area contributed by atoms with E-state index < -0.39 is 0 Å². The zero-order valence-electron chi connectivity index (χ0n) is 11.3. The predicted molar refractivity (Wildman–Crippen MR) is 80.3 cm³/mol. The first kappa shape index (κ1) is 13.8. The summed E-state index contributed by atoms with van der Waals surface area (Å²) in [4.78, 5) is 12.0. The maximum Gasteiger partial charge on any atom is 0.185 e. The molecule has 0 unspecified atom stereocenters. The van der Waals surface area contributed by atoms with E-state index in [9.17, 15) is 4.79 Å². The van der Waals surface area contributed by atoms with E-state index in [4.69, 9.17) is 5.26 Å². The van der Waals surface area contributed by atoms with Gasteiger partial charge >= 0.3 is 0 Å². The molecule has 0 aromatic heterocycles. The molecule has 0 fully saturated rings. The third-order valence-corrected chi connectivity index (χ3v) is 3.09. The molecule has 2 nitrogen and oxygen atoms in total. The fraction of sp³-hybridized carbons (Fsp3) is 0.111. The van der Waals surface area contributed by atoms with E-state index in [-0.39, 0.29) is 5.78 Å². The molecule has 20 heavy (non-hydrogen) atoms. The monoisotopic (exact) mass is 261 g/mol. The summed E-state index contributed by atoms with van der Waals surface area (Å²) < 4.78 is 0. The lowest BCUT2D eigenvalue weighted by molar-refractivity contribution is 0.104. The van der Waals surface area contributed by atoms with Gasteiger partial charge in [0.15, 0.2) is 5.78 Å². The second-order valence-corrected chi connectivity index (χ2v) is 4.49. The van der Waals surface area contributed by atoms with Gasteiger partial charge in [0.2, 0.25) is 0 Å². The van der Waals surface area contributed by atoms with Gasteiger partial charge in [-0.25, -0.2) is 0 Å². The minimum absolute atomic E-state index is 0.0324. The number of carbonyl (C=O) groups excluding carboxylic acids is 1. The second-order valence-electron chi connectivity index (χ2n) is 4.49. The number of allylic oxidation sites excluding steroid dienone is 1. The summed E-state index contributed by atoms with van der Waals surface area (Å²) in [5.74, 6) is -0.0324. The van der Waals surface area contributed by atoms with E-state index in [1.807, 2.05) is 30.3 Å². The molecular formula is C18H15NO. The van der Waals surface area contributed by atoms with Gasteiger partial charge < -0.3 is 0 Å². The molecule has 0 aliphatic heterocycles. The first-order chi connectivity index (χ1) is 9.72. The van der Waals surface area contributed by atoms with Crippen LogP contribution in [0.3, 0.4) is 0 Å². The average molecular weight is 261 g/mol. The minimum Gasteiger partial charge on any atom is -0.289 e. The van der Waals surface area contributed by atoms with E-state index in [2.05, 4.69) is 13.0 Å². The third-order valence-electron chi connectivity index (χ3n) is 3.09. The van der Waals surface area contributed by atoms with Gasteiger partial charge in [-0.15, -0.1) is 0 Å². The van der Waals surface area contributed by atoms with Gasteiger partial charge in [-0.3, -0.25) is 4.79 Å². The van der Waals surface area contributed by atoms with Gasteiger partial charge in [0.25, 0.3) is 0 Å². The molecule has 0 radical (unpaired) electrons. The van der Waals surface area contributed by atoms with Gasteiger partial charge in [0.05, 0.1) is 11.6 Å². The number of hydrogen-bond donors (Lipinski definition) is 0. The maximum absolute atomic E-state index is 12.0. The first-order valence-electron chi connectivity index (χ1n) is 6.54. The first-order valence-corrected chi connectivity index (χ1v) is 6.54. The molecule has 0 heterocycles. The van der Waals surface area contributed by atoms with Crippen molar-refractivity contribution in [2.24, 2.45) is 0 Å². The van der Waals surface area contributed by atoms with Crippen LogP contribution in [-0.2, 0) is 6.42 Å². The van der Waals surface area contributed by atoms with Crippen LogP contribution in [0, 0.1) is 11.3 Å². The molecule has 2 aromatic rings. The zero-order valence-corrected chi connectivity index (χ0v) is 11.3. The van der Waals surface area contributed by atoms with Crippen LogP contribution in [0.4, 0.5) is 0 Å². The topological polar surface area (TPSA) is 40.9 Å². The molecule has 2 rings (SSSR count). The van der Waals surface area contributed by atoms with Crippen molar-refractivity contribution in [3.8, 4) is 6.07 Å². The molecule has 0 saturated heterocycles. The van der Waals surface area contributed by atoms with Gasteiger partial charge in [0, 0.05) is 5.56 Å². The summed E-state index contributed by atoms with van der Waals surface area (Å²) in [5.41, 5.74) is 3.33. The summed E-state index contributed by atoms with van der Waals surface area (Å²) in [6.45, 7) is 2.08. The highest BCUT2D eigenvalue weighted by Crippen LogP contribution is 2.09. The number of benzene rings is 2. The Morgan fingerprint density at radius 3 is 2.60 bits per heavy atom. The van der Waals surface area contributed by atoms with Crippen molar-refractivity contribution in [2.45, 2.75) is 13.3 Å². The Morgan fingerprint density at radius 1 is 1.20 bits per heavy atom. The van der Waals surface area contributed by atoms with Crippen molar-refractivity contribution < 1.29 is 4.79 Å². The quantitative estimate of drug-likeness (QED) is 0.616. The predicted octanol–water partition coefficient (Wildman–Crippen LogP) is 4.02. The summed E-state index contributed by atoms with van der Waals surface area (Å²) in [7, 11) is 0. The molecule has 0 aliphatic rings. The number of nitriles is 1. The molecule has 98 valence electrons.